The van der Waals surface area contributed by atoms with Gasteiger partial charge in [0, 0.05) is 41.0 Å². The van der Waals surface area contributed by atoms with Gasteiger partial charge in [-0.2, -0.15) is 0 Å². The van der Waals surface area contributed by atoms with Crippen LogP contribution in [0.25, 0.3) is 21.9 Å². The van der Waals surface area contributed by atoms with Crippen molar-refractivity contribution < 1.29 is 43.0 Å². The number of furan rings is 2. The maximum Gasteiger partial charge on any atom is 0.312 e. The summed E-state index contributed by atoms with van der Waals surface area (Å²) in [4.78, 5) is 47.0. The summed E-state index contributed by atoms with van der Waals surface area (Å²) in [5.41, 5.74) is 6.31. The van der Waals surface area contributed by atoms with E-state index in [1.165, 1.54) is 31.8 Å². The lowest BCUT2D eigenvalue weighted by Crippen LogP contribution is -2.25. The SMILES string of the molecule is COC[C@]1(C(=O)O)C[C@@H]1C(=O)c1cc(Cl)c2occc2c1.NC1[C@H](C(=O)O)[C@H]1C(=O)c1cc(Cl)c2occc2c1. The highest BCUT2D eigenvalue weighted by molar-refractivity contribution is 6.36. The average molecular weight is 588 g/mol. The first kappa shape index (κ1) is 27.9. The van der Waals surface area contributed by atoms with Gasteiger partial charge in [-0.05, 0) is 42.8 Å². The van der Waals surface area contributed by atoms with E-state index in [0.29, 0.717) is 37.7 Å². The zero-order valence-electron chi connectivity index (χ0n) is 20.9. The lowest BCUT2D eigenvalue weighted by Gasteiger charge is -2.10. The molecule has 2 aliphatic carbocycles. The van der Waals surface area contributed by atoms with Crippen molar-refractivity contribution in [1.29, 1.82) is 0 Å². The molecule has 208 valence electrons. The highest BCUT2D eigenvalue weighted by Crippen LogP contribution is 2.54. The second-order valence-corrected chi connectivity index (χ2v) is 10.8. The van der Waals surface area contributed by atoms with E-state index in [-0.39, 0.29) is 24.6 Å². The minimum atomic E-state index is -1.11. The summed E-state index contributed by atoms with van der Waals surface area (Å²) in [6, 6.07) is 9.10. The Balaban J connectivity index is 0.000000162. The molecule has 4 N–H and O–H groups in total. The van der Waals surface area contributed by atoms with Crippen LogP contribution in [0.3, 0.4) is 0 Å². The standard InChI is InChI=1S/C15H13ClO5.C13H10ClNO4/c1-20-7-15(14(18)19)6-10(15)12(17)9-4-8-2-3-21-13(8)11(16)5-9;14-7-4-6(3-5-1-2-19-12(5)7)11(16)8-9(10(8)15)13(17)18/h2-5,10H,6-7H2,1H3,(H,18,19);1-4,8-10H,15H2,(H,17,18)/t10-,15-;8-,9-,10?/m11/s1. The van der Waals surface area contributed by atoms with E-state index in [9.17, 15) is 24.3 Å². The minimum absolute atomic E-state index is 0.0282. The van der Waals surface area contributed by atoms with Crippen LogP contribution in [0, 0.1) is 23.2 Å². The van der Waals surface area contributed by atoms with Crippen molar-refractivity contribution >= 4 is 68.6 Å². The molecule has 2 heterocycles. The minimum Gasteiger partial charge on any atom is -0.481 e. The molecule has 12 heteroatoms. The van der Waals surface area contributed by atoms with Gasteiger partial charge in [0.25, 0.3) is 0 Å². The Morgan fingerprint density at radius 2 is 1.45 bits per heavy atom. The molecule has 2 aliphatic rings. The lowest BCUT2D eigenvalue weighted by atomic mass is 9.98. The third kappa shape index (κ3) is 4.77. The number of fused-ring (bicyclic) bond motifs is 2. The van der Waals surface area contributed by atoms with Crippen molar-refractivity contribution in [2.45, 2.75) is 12.5 Å². The number of carboxylic acid groups (broad SMARTS) is 2. The first-order chi connectivity index (χ1) is 19.0. The predicted molar refractivity (Wildman–Crippen MR) is 144 cm³/mol. The second-order valence-electron chi connectivity index (χ2n) is 9.94. The number of hydrogen-bond acceptors (Lipinski definition) is 8. The van der Waals surface area contributed by atoms with Crippen molar-refractivity contribution in [2.75, 3.05) is 13.7 Å². The molecule has 2 aromatic heterocycles. The number of aliphatic carboxylic acids is 2. The van der Waals surface area contributed by atoms with Gasteiger partial charge in [0.1, 0.15) is 5.41 Å². The highest BCUT2D eigenvalue weighted by Gasteiger charge is 2.64. The van der Waals surface area contributed by atoms with E-state index in [2.05, 4.69) is 0 Å². The van der Waals surface area contributed by atoms with Crippen LogP contribution < -0.4 is 5.73 Å². The van der Waals surface area contributed by atoms with Crippen LogP contribution in [0.2, 0.25) is 10.0 Å². The van der Waals surface area contributed by atoms with Gasteiger partial charge in [0.15, 0.2) is 22.7 Å². The normalized spacial score (nSPS) is 24.8. The number of hydrogen-bond donors (Lipinski definition) is 3. The molecule has 4 aromatic rings. The van der Waals surface area contributed by atoms with Crippen molar-refractivity contribution in [3.8, 4) is 0 Å². The van der Waals surface area contributed by atoms with Crippen LogP contribution >= 0.6 is 23.2 Å². The van der Waals surface area contributed by atoms with Crippen molar-refractivity contribution in [1.82, 2.24) is 0 Å². The Hall–Kier alpha value is -3.70. The van der Waals surface area contributed by atoms with Gasteiger partial charge in [-0.3, -0.25) is 19.2 Å². The number of carbonyl (C=O) groups excluding carboxylic acids is 2. The highest BCUT2D eigenvalue weighted by atomic mass is 35.5. The number of ether oxygens (including phenoxy) is 1. The molecule has 0 saturated heterocycles. The summed E-state index contributed by atoms with van der Waals surface area (Å²) in [7, 11) is 1.43. The molecule has 0 amide bonds. The Labute approximate surface area is 236 Å². The zero-order valence-corrected chi connectivity index (χ0v) is 22.4. The van der Waals surface area contributed by atoms with E-state index in [0.717, 1.165) is 5.39 Å². The molecular formula is C28H23Cl2NO9. The Kier molecular flexibility index (Phi) is 7.22. The van der Waals surface area contributed by atoms with Crippen molar-refractivity contribution in [3.63, 3.8) is 0 Å². The van der Waals surface area contributed by atoms with Gasteiger partial charge >= 0.3 is 11.9 Å². The Bertz CT molecular complexity index is 1670. The molecule has 10 nitrogen and oxygen atoms in total. The number of rotatable bonds is 8. The summed E-state index contributed by atoms with van der Waals surface area (Å²) in [6.07, 6.45) is 3.26. The molecule has 1 unspecified atom stereocenters. The van der Waals surface area contributed by atoms with Crippen LogP contribution in [0.1, 0.15) is 27.1 Å². The molecule has 5 atom stereocenters. The summed E-state index contributed by atoms with van der Waals surface area (Å²) < 4.78 is 15.4. The zero-order chi connectivity index (χ0) is 28.9. The smallest absolute Gasteiger partial charge is 0.312 e. The number of carboxylic acids is 2. The van der Waals surface area contributed by atoms with E-state index in [4.69, 9.17) is 47.6 Å². The van der Waals surface area contributed by atoms with Crippen LogP contribution in [0.5, 0.6) is 0 Å². The second kappa shape index (κ2) is 10.4. The van der Waals surface area contributed by atoms with E-state index >= 15 is 0 Å². The number of ketones is 2. The number of carbonyl (C=O) groups is 4. The summed E-state index contributed by atoms with van der Waals surface area (Å²) in [5, 5.41) is 20.3. The molecular weight excluding hydrogens is 565 g/mol. The molecule has 0 radical (unpaired) electrons. The monoisotopic (exact) mass is 587 g/mol. The van der Waals surface area contributed by atoms with Crippen LogP contribution in [-0.4, -0.2) is 53.5 Å². The molecule has 2 saturated carbocycles. The van der Waals surface area contributed by atoms with Crippen LogP contribution in [0.4, 0.5) is 0 Å². The average Bonchev–Trinajstić information content (AvgIpc) is 3.60. The fraction of sp³-hybridized carbons (Fsp3) is 0.286. The maximum atomic E-state index is 12.5. The summed E-state index contributed by atoms with van der Waals surface area (Å²) >= 11 is 12.1. The Morgan fingerprint density at radius 3 is 1.90 bits per heavy atom. The van der Waals surface area contributed by atoms with E-state index < -0.39 is 41.1 Å². The number of Topliss-reactive ketones (excluding diaryl/α,β-unsaturated/α-hetero) is 2. The van der Waals surface area contributed by atoms with Gasteiger partial charge in [0.05, 0.1) is 41.0 Å². The van der Waals surface area contributed by atoms with Crippen LogP contribution in [0.15, 0.2) is 57.8 Å². The number of benzene rings is 2. The Morgan fingerprint density at radius 1 is 0.925 bits per heavy atom. The largest absolute Gasteiger partial charge is 0.481 e. The van der Waals surface area contributed by atoms with Crippen molar-refractivity contribution in [2.24, 2.45) is 28.9 Å². The van der Waals surface area contributed by atoms with Gasteiger partial charge in [0.2, 0.25) is 0 Å². The predicted octanol–water partition coefficient (Wildman–Crippen LogP) is 4.93. The first-order valence-electron chi connectivity index (χ1n) is 12.1. The molecule has 0 spiro atoms. The molecule has 0 aliphatic heterocycles. The van der Waals surface area contributed by atoms with Gasteiger partial charge < -0.3 is 29.5 Å². The molecule has 2 fully saturated rings. The lowest BCUT2D eigenvalue weighted by molar-refractivity contribution is -0.146. The maximum absolute atomic E-state index is 12.5. The molecule has 2 aromatic carbocycles. The van der Waals surface area contributed by atoms with Crippen molar-refractivity contribution in [3.05, 3.63) is 70.1 Å². The fourth-order valence-corrected chi connectivity index (χ4v) is 5.65. The third-order valence-electron chi connectivity index (χ3n) is 7.46. The number of nitrogens with two attached hydrogens (primary N) is 1. The topological polar surface area (TPSA) is 170 Å². The molecule has 40 heavy (non-hydrogen) atoms. The first-order valence-corrected chi connectivity index (χ1v) is 12.9. The summed E-state index contributed by atoms with van der Waals surface area (Å²) in [6.45, 7) is 0.0282. The van der Waals surface area contributed by atoms with E-state index in [1.54, 1.807) is 24.3 Å². The summed E-state index contributed by atoms with van der Waals surface area (Å²) in [5.74, 6) is -4.59. The number of methoxy groups -OCH3 is 1. The van der Waals surface area contributed by atoms with Gasteiger partial charge in [-0.25, -0.2) is 0 Å². The third-order valence-corrected chi connectivity index (χ3v) is 8.03. The molecule has 0 bridgehead atoms. The van der Waals surface area contributed by atoms with Crippen LogP contribution in [-0.2, 0) is 14.3 Å². The molecule has 6 rings (SSSR count). The fourth-order valence-electron chi connectivity index (χ4n) is 5.11. The quantitative estimate of drug-likeness (QED) is 0.240. The van der Waals surface area contributed by atoms with Gasteiger partial charge in [-0.15, -0.1) is 0 Å². The van der Waals surface area contributed by atoms with Gasteiger partial charge in [-0.1, -0.05) is 23.2 Å². The van der Waals surface area contributed by atoms with E-state index in [1.807, 2.05) is 0 Å². The number of halogens is 2.